The Labute approximate surface area is 207 Å². The number of fused-ring (bicyclic) bond motifs is 2. The molecular formula is C25H19N3O7S. The molecule has 0 spiro atoms. The fraction of sp³-hybridized carbons (Fsp3) is 0.200. The van der Waals surface area contributed by atoms with E-state index in [1.54, 1.807) is 38.1 Å². The van der Waals surface area contributed by atoms with Crippen LogP contribution in [0.15, 0.2) is 51.7 Å². The molecular weight excluding hydrogens is 486 g/mol. The fourth-order valence-electron chi connectivity index (χ4n) is 4.28. The molecule has 0 fully saturated rings. The van der Waals surface area contributed by atoms with E-state index in [1.807, 2.05) is 6.92 Å². The molecule has 4 aromatic rings. The molecule has 1 aliphatic rings. The van der Waals surface area contributed by atoms with Gasteiger partial charge in [-0.2, -0.15) is 0 Å². The third kappa shape index (κ3) is 3.64. The van der Waals surface area contributed by atoms with Gasteiger partial charge in [-0.25, -0.2) is 9.78 Å². The quantitative estimate of drug-likeness (QED) is 0.216. The fourth-order valence-corrected chi connectivity index (χ4v) is 5.27. The summed E-state index contributed by atoms with van der Waals surface area (Å²) in [5.74, 6) is -1.38. The van der Waals surface area contributed by atoms with Gasteiger partial charge in [0.15, 0.2) is 10.6 Å². The standard InChI is InChI=1S/C25H19N3O7S/c1-4-34-24(31)22-13(3)26-25(36-22)27-19(14-6-5-7-15(11-14)28(32)33)18-20(29)16-10-12(2)8-9-17(16)35-21(18)23(27)30/h5-11,19H,4H2,1-3H3. The average molecular weight is 506 g/mol. The van der Waals surface area contributed by atoms with Gasteiger partial charge in [-0.15, -0.1) is 0 Å². The van der Waals surface area contributed by atoms with Crippen LogP contribution in [0.2, 0.25) is 0 Å². The number of ether oxygens (including phenoxy) is 1. The van der Waals surface area contributed by atoms with Crippen molar-refractivity contribution in [2.45, 2.75) is 26.8 Å². The van der Waals surface area contributed by atoms with Gasteiger partial charge in [-0.3, -0.25) is 24.6 Å². The van der Waals surface area contributed by atoms with E-state index < -0.39 is 28.3 Å². The van der Waals surface area contributed by atoms with Crippen molar-refractivity contribution in [1.82, 2.24) is 4.98 Å². The highest BCUT2D eigenvalue weighted by Crippen LogP contribution is 2.43. The first kappa shape index (κ1) is 23.4. The number of non-ortho nitro benzene ring substituents is 1. The molecule has 0 saturated heterocycles. The van der Waals surface area contributed by atoms with Crippen LogP contribution < -0.4 is 10.3 Å². The number of aromatic nitrogens is 1. The molecule has 1 aliphatic heterocycles. The Kier molecular flexibility index (Phi) is 5.64. The molecule has 1 amide bonds. The second kappa shape index (κ2) is 8.68. The zero-order valence-electron chi connectivity index (χ0n) is 19.4. The number of aryl methyl sites for hydroxylation is 2. The van der Waals surface area contributed by atoms with Gasteiger partial charge in [-0.05, 0) is 38.5 Å². The minimum atomic E-state index is -1.05. The van der Waals surface area contributed by atoms with Crippen molar-refractivity contribution in [3.05, 3.63) is 95.8 Å². The monoisotopic (exact) mass is 505 g/mol. The van der Waals surface area contributed by atoms with Crippen LogP contribution in [-0.2, 0) is 4.74 Å². The maximum Gasteiger partial charge on any atom is 0.350 e. The summed E-state index contributed by atoms with van der Waals surface area (Å²) in [6.07, 6.45) is 0. The first-order valence-corrected chi connectivity index (χ1v) is 11.8. The number of anilines is 1. The summed E-state index contributed by atoms with van der Waals surface area (Å²) in [5.41, 5.74) is 1.22. The molecule has 10 nitrogen and oxygen atoms in total. The van der Waals surface area contributed by atoms with E-state index in [2.05, 4.69) is 4.98 Å². The molecule has 2 aromatic carbocycles. The summed E-state index contributed by atoms with van der Waals surface area (Å²) in [7, 11) is 0. The minimum Gasteiger partial charge on any atom is -0.462 e. The van der Waals surface area contributed by atoms with Crippen molar-refractivity contribution < 1.29 is 23.7 Å². The van der Waals surface area contributed by atoms with Crippen LogP contribution in [0.3, 0.4) is 0 Å². The van der Waals surface area contributed by atoms with Gasteiger partial charge in [0, 0.05) is 12.1 Å². The molecule has 1 unspecified atom stereocenters. The van der Waals surface area contributed by atoms with E-state index in [4.69, 9.17) is 9.15 Å². The van der Waals surface area contributed by atoms with Gasteiger partial charge >= 0.3 is 5.97 Å². The van der Waals surface area contributed by atoms with Crippen molar-refractivity contribution in [1.29, 1.82) is 0 Å². The average Bonchev–Trinajstić information content (AvgIpc) is 3.37. The number of esters is 1. The van der Waals surface area contributed by atoms with Crippen molar-refractivity contribution in [3.63, 3.8) is 0 Å². The lowest BCUT2D eigenvalue weighted by atomic mass is 9.98. The van der Waals surface area contributed by atoms with E-state index in [-0.39, 0.29) is 39.2 Å². The first-order chi connectivity index (χ1) is 17.2. The molecule has 2 aromatic heterocycles. The van der Waals surface area contributed by atoms with Gasteiger partial charge in [-0.1, -0.05) is 35.1 Å². The smallest absolute Gasteiger partial charge is 0.350 e. The number of nitro groups is 1. The van der Waals surface area contributed by atoms with Gasteiger partial charge in [0.05, 0.1) is 34.2 Å². The number of carbonyl (C=O) groups excluding carboxylic acids is 2. The highest BCUT2D eigenvalue weighted by molar-refractivity contribution is 7.17. The van der Waals surface area contributed by atoms with Crippen LogP contribution in [0.4, 0.5) is 10.8 Å². The Balaban J connectivity index is 1.77. The predicted molar refractivity (Wildman–Crippen MR) is 132 cm³/mol. The maximum atomic E-state index is 13.7. The molecule has 0 saturated carbocycles. The highest BCUT2D eigenvalue weighted by atomic mass is 32.1. The number of rotatable bonds is 5. The van der Waals surface area contributed by atoms with Crippen LogP contribution in [0.25, 0.3) is 11.0 Å². The molecule has 182 valence electrons. The normalized spacial score (nSPS) is 14.8. The summed E-state index contributed by atoms with van der Waals surface area (Å²) < 4.78 is 11.0. The summed E-state index contributed by atoms with van der Waals surface area (Å²) in [5, 5.41) is 11.9. The Morgan fingerprint density at radius 3 is 2.72 bits per heavy atom. The lowest BCUT2D eigenvalue weighted by Gasteiger charge is -2.22. The zero-order valence-corrected chi connectivity index (χ0v) is 20.3. The number of thiazole rings is 1. The molecule has 0 radical (unpaired) electrons. The molecule has 0 aliphatic carbocycles. The molecule has 3 heterocycles. The number of carbonyl (C=O) groups is 2. The molecule has 1 atom stereocenters. The zero-order chi connectivity index (χ0) is 25.7. The summed E-state index contributed by atoms with van der Waals surface area (Å²) >= 11 is 0.943. The largest absolute Gasteiger partial charge is 0.462 e. The third-order valence-corrected chi connectivity index (χ3v) is 7.01. The first-order valence-electron chi connectivity index (χ1n) is 11.0. The third-order valence-electron chi connectivity index (χ3n) is 5.87. The summed E-state index contributed by atoms with van der Waals surface area (Å²) in [4.78, 5) is 56.6. The van der Waals surface area contributed by atoms with Crippen LogP contribution in [0, 0.1) is 24.0 Å². The number of amides is 1. The Hall–Kier alpha value is -4.38. The van der Waals surface area contributed by atoms with Crippen LogP contribution >= 0.6 is 11.3 Å². The van der Waals surface area contributed by atoms with E-state index in [0.717, 1.165) is 16.9 Å². The van der Waals surface area contributed by atoms with E-state index in [9.17, 15) is 24.5 Å². The Bertz CT molecular complexity index is 1640. The number of benzene rings is 2. The second-order valence-corrected chi connectivity index (χ2v) is 9.21. The van der Waals surface area contributed by atoms with Crippen molar-refractivity contribution >= 4 is 45.0 Å². The molecule has 0 bridgehead atoms. The second-order valence-electron chi connectivity index (χ2n) is 8.23. The van der Waals surface area contributed by atoms with Gasteiger partial charge in [0.25, 0.3) is 11.6 Å². The topological polar surface area (TPSA) is 133 Å². The Morgan fingerprint density at radius 1 is 1.22 bits per heavy atom. The van der Waals surface area contributed by atoms with E-state index >= 15 is 0 Å². The number of hydrogen-bond donors (Lipinski definition) is 0. The van der Waals surface area contributed by atoms with Crippen molar-refractivity contribution in [3.8, 4) is 0 Å². The van der Waals surface area contributed by atoms with Crippen molar-refractivity contribution in [2.24, 2.45) is 0 Å². The van der Waals surface area contributed by atoms with Gasteiger partial charge < -0.3 is 9.15 Å². The van der Waals surface area contributed by atoms with E-state index in [1.165, 1.54) is 23.1 Å². The summed E-state index contributed by atoms with van der Waals surface area (Å²) in [6, 6.07) is 9.73. The molecule has 11 heteroatoms. The number of nitrogens with zero attached hydrogens (tertiary/aromatic N) is 3. The van der Waals surface area contributed by atoms with Crippen LogP contribution in [-0.4, -0.2) is 28.4 Å². The van der Waals surface area contributed by atoms with Crippen molar-refractivity contribution in [2.75, 3.05) is 11.5 Å². The van der Waals surface area contributed by atoms with E-state index in [0.29, 0.717) is 16.6 Å². The SMILES string of the molecule is CCOC(=O)c1sc(N2C(=O)c3oc4ccc(C)cc4c(=O)c3C2c2cccc([N+](=O)[O-])c2)nc1C. The number of nitro benzene ring substituents is 1. The van der Waals surface area contributed by atoms with Gasteiger partial charge in [0.2, 0.25) is 5.76 Å². The Morgan fingerprint density at radius 2 is 2.00 bits per heavy atom. The minimum absolute atomic E-state index is 0.0594. The lowest BCUT2D eigenvalue weighted by molar-refractivity contribution is -0.384. The number of hydrogen-bond acceptors (Lipinski definition) is 9. The molecule has 0 N–H and O–H groups in total. The summed E-state index contributed by atoms with van der Waals surface area (Å²) in [6.45, 7) is 5.29. The highest BCUT2D eigenvalue weighted by Gasteiger charge is 2.45. The van der Waals surface area contributed by atoms with Gasteiger partial charge in [0.1, 0.15) is 10.5 Å². The molecule has 5 rings (SSSR count). The predicted octanol–water partition coefficient (Wildman–Crippen LogP) is 4.70. The molecule has 36 heavy (non-hydrogen) atoms. The van der Waals surface area contributed by atoms with Crippen LogP contribution in [0.5, 0.6) is 0 Å². The lowest BCUT2D eigenvalue weighted by Crippen LogP contribution is -2.29. The van der Waals surface area contributed by atoms with Crippen LogP contribution in [0.1, 0.15) is 55.6 Å². The maximum absolute atomic E-state index is 13.7.